The molecule has 2 aromatic rings. The van der Waals surface area contributed by atoms with Crippen LogP contribution >= 0.6 is 0 Å². The summed E-state index contributed by atoms with van der Waals surface area (Å²) in [6.07, 6.45) is 0. The lowest BCUT2D eigenvalue weighted by Crippen LogP contribution is -1.96. The van der Waals surface area contributed by atoms with Gasteiger partial charge in [0.1, 0.15) is 5.75 Å². The van der Waals surface area contributed by atoms with E-state index in [2.05, 4.69) is 0 Å². The predicted molar refractivity (Wildman–Crippen MR) is 73.1 cm³/mol. The highest BCUT2D eigenvalue weighted by atomic mass is 16.5. The van der Waals surface area contributed by atoms with E-state index in [0.29, 0.717) is 6.61 Å². The van der Waals surface area contributed by atoms with E-state index in [1.54, 1.807) is 6.92 Å². The van der Waals surface area contributed by atoms with Crippen LogP contribution in [-0.2, 0) is 0 Å². The molecule has 0 fully saturated rings. The largest absolute Gasteiger partial charge is 0.494 e. The average Bonchev–Trinajstić information content (AvgIpc) is 2.39. The fourth-order valence-electron chi connectivity index (χ4n) is 1.96. The van der Waals surface area contributed by atoms with Gasteiger partial charge in [0.2, 0.25) is 0 Å². The lowest BCUT2D eigenvalue weighted by molar-refractivity contribution is 0.101. The highest BCUT2D eigenvalue weighted by Gasteiger charge is 2.08. The van der Waals surface area contributed by atoms with Crippen molar-refractivity contribution in [3.8, 4) is 16.9 Å². The van der Waals surface area contributed by atoms with Gasteiger partial charge in [-0.3, -0.25) is 4.79 Å². The molecule has 2 heteroatoms. The van der Waals surface area contributed by atoms with Crippen molar-refractivity contribution in [3.05, 3.63) is 54.1 Å². The van der Waals surface area contributed by atoms with Gasteiger partial charge in [-0.1, -0.05) is 36.4 Å². The van der Waals surface area contributed by atoms with Crippen molar-refractivity contribution in [2.75, 3.05) is 6.61 Å². The number of carbonyl (C=O) groups excluding carboxylic acids is 1. The summed E-state index contributed by atoms with van der Waals surface area (Å²) in [7, 11) is 0. The van der Waals surface area contributed by atoms with E-state index in [1.807, 2.05) is 55.5 Å². The molecule has 2 aromatic carbocycles. The van der Waals surface area contributed by atoms with Crippen molar-refractivity contribution >= 4 is 5.78 Å². The third kappa shape index (κ3) is 2.59. The van der Waals surface area contributed by atoms with E-state index in [9.17, 15) is 4.79 Å². The van der Waals surface area contributed by atoms with Crippen molar-refractivity contribution in [2.45, 2.75) is 13.8 Å². The summed E-state index contributed by atoms with van der Waals surface area (Å²) in [5, 5.41) is 0. The summed E-state index contributed by atoms with van der Waals surface area (Å²) >= 11 is 0. The van der Waals surface area contributed by atoms with Crippen molar-refractivity contribution in [1.29, 1.82) is 0 Å². The fraction of sp³-hybridized carbons (Fsp3) is 0.188. The Hall–Kier alpha value is -2.09. The molecule has 18 heavy (non-hydrogen) atoms. The SMILES string of the molecule is CCOc1cccc(-c2ccccc2C(C)=O)c1. The molecule has 0 bridgehead atoms. The predicted octanol–water partition coefficient (Wildman–Crippen LogP) is 3.95. The van der Waals surface area contributed by atoms with E-state index in [0.717, 1.165) is 22.4 Å². The first-order chi connectivity index (χ1) is 8.72. The molecule has 2 nitrogen and oxygen atoms in total. The van der Waals surface area contributed by atoms with Gasteiger partial charge >= 0.3 is 0 Å². The molecular weight excluding hydrogens is 224 g/mol. The summed E-state index contributed by atoms with van der Waals surface area (Å²) < 4.78 is 5.48. The van der Waals surface area contributed by atoms with Crippen LogP contribution in [0.3, 0.4) is 0 Å². The molecule has 0 aliphatic carbocycles. The second-order valence-corrected chi connectivity index (χ2v) is 4.06. The van der Waals surface area contributed by atoms with E-state index in [1.165, 1.54) is 0 Å². The maximum atomic E-state index is 11.6. The van der Waals surface area contributed by atoms with Crippen molar-refractivity contribution in [2.24, 2.45) is 0 Å². The van der Waals surface area contributed by atoms with Crippen LogP contribution in [0.15, 0.2) is 48.5 Å². The number of ether oxygens (including phenoxy) is 1. The molecule has 0 amide bonds. The van der Waals surface area contributed by atoms with E-state index in [-0.39, 0.29) is 5.78 Å². The van der Waals surface area contributed by atoms with Crippen LogP contribution in [-0.4, -0.2) is 12.4 Å². The van der Waals surface area contributed by atoms with Crippen molar-refractivity contribution in [1.82, 2.24) is 0 Å². The number of hydrogen-bond acceptors (Lipinski definition) is 2. The second kappa shape index (κ2) is 5.50. The quantitative estimate of drug-likeness (QED) is 0.756. The van der Waals surface area contributed by atoms with Gasteiger partial charge in [0.05, 0.1) is 6.61 Å². The van der Waals surface area contributed by atoms with Crippen molar-refractivity contribution in [3.63, 3.8) is 0 Å². The minimum absolute atomic E-state index is 0.0763. The van der Waals surface area contributed by atoms with Crippen LogP contribution in [0.5, 0.6) is 5.75 Å². The second-order valence-electron chi connectivity index (χ2n) is 4.06. The molecule has 0 spiro atoms. The summed E-state index contributed by atoms with van der Waals surface area (Å²) in [5.74, 6) is 0.903. The van der Waals surface area contributed by atoms with Crippen LogP contribution in [0.25, 0.3) is 11.1 Å². The Labute approximate surface area is 107 Å². The molecular formula is C16H16O2. The normalized spacial score (nSPS) is 10.1. The first-order valence-electron chi connectivity index (χ1n) is 6.05. The van der Waals surface area contributed by atoms with Crippen LogP contribution in [0.2, 0.25) is 0 Å². The molecule has 0 atom stereocenters. The van der Waals surface area contributed by atoms with Gasteiger partial charge in [0.15, 0.2) is 5.78 Å². The highest BCUT2D eigenvalue weighted by molar-refractivity contribution is 6.00. The van der Waals surface area contributed by atoms with Crippen LogP contribution in [0.4, 0.5) is 0 Å². The minimum Gasteiger partial charge on any atom is -0.494 e. The number of carbonyl (C=O) groups is 1. The van der Waals surface area contributed by atoms with Gasteiger partial charge in [0, 0.05) is 5.56 Å². The third-order valence-electron chi connectivity index (χ3n) is 2.76. The molecule has 2 rings (SSSR count). The molecule has 0 aliphatic rings. The fourth-order valence-corrected chi connectivity index (χ4v) is 1.96. The lowest BCUT2D eigenvalue weighted by Gasteiger charge is -2.09. The number of Topliss-reactive ketones (excluding diaryl/α,β-unsaturated/α-hetero) is 1. The topological polar surface area (TPSA) is 26.3 Å². The average molecular weight is 240 g/mol. The Morgan fingerprint density at radius 3 is 2.61 bits per heavy atom. The lowest BCUT2D eigenvalue weighted by atomic mass is 9.97. The van der Waals surface area contributed by atoms with Crippen LogP contribution < -0.4 is 4.74 Å². The Kier molecular flexibility index (Phi) is 3.78. The van der Waals surface area contributed by atoms with E-state index < -0.39 is 0 Å². The van der Waals surface area contributed by atoms with Gasteiger partial charge in [-0.15, -0.1) is 0 Å². The third-order valence-corrected chi connectivity index (χ3v) is 2.76. The zero-order valence-corrected chi connectivity index (χ0v) is 10.6. The number of benzene rings is 2. The van der Waals surface area contributed by atoms with Crippen LogP contribution in [0, 0.1) is 0 Å². The van der Waals surface area contributed by atoms with Gasteiger partial charge in [-0.25, -0.2) is 0 Å². The Morgan fingerprint density at radius 1 is 1.11 bits per heavy atom. The Bertz CT molecular complexity index is 559. The number of rotatable bonds is 4. The summed E-state index contributed by atoms with van der Waals surface area (Å²) in [4.78, 5) is 11.6. The summed E-state index contributed by atoms with van der Waals surface area (Å²) in [5.41, 5.74) is 2.70. The Balaban J connectivity index is 2.48. The van der Waals surface area contributed by atoms with E-state index >= 15 is 0 Å². The summed E-state index contributed by atoms with van der Waals surface area (Å²) in [6.45, 7) is 4.18. The van der Waals surface area contributed by atoms with Gasteiger partial charge < -0.3 is 4.74 Å². The molecule has 0 aromatic heterocycles. The first kappa shape index (κ1) is 12.4. The molecule has 0 unspecified atom stereocenters. The maximum Gasteiger partial charge on any atom is 0.160 e. The maximum absolute atomic E-state index is 11.6. The van der Waals surface area contributed by atoms with Crippen molar-refractivity contribution < 1.29 is 9.53 Å². The van der Waals surface area contributed by atoms with Gasteiger partial charge in [-0.2, -0.15) is 0 Å². The minimum atomic E-state index is 0.0763. The molecule has 0 radical (unpaired) electrons. The van der Waals surface area contributed by atoms with Crippen LogP contribution in [0.1, 0.15) is 24.2 Å². The molecule has 0 aliphatic heterocycles. The molecule has 92 valence electrons. The van der Waals surface area contributed by atoms with Gasteiger partial charge in [-0.05, 0) is 37.1 Å². The highest BCUT2D eigenvalue weighted by Crippen LogP contribution is 2.27. The molecule has 0 N–H and O–H groups in total. The molecule has 0 saturated heterocycles. The zero-order chi connectivity index (χ0) is 13.0. The zero-order valence-electron chi connectivity index (χ0n) is 10.6. The molecule has 0 saturated carbocycles. The van der Waals surface area contributed by atoms with E-state index in [4.69, 9.17) is 4.74 Å². The first-order valence-corrected chi connectivity index (χ1v) is 6.05. The standard InChI is InChI=1S/C16H16O2/c1-3-18-14-8-6-7-13(11-14)16-10-5-4-9-15(16)12(2)17/h4-11H,3H2,1-2H3. The smallest absolute Gasteiger partial charge is 0.160 e. The van der Waals surface area contributed by atoms with Gasteiger partial charge in [0.25, 0.3) is 0 Å². The Morgan fingerprint density at radius 2 is 1.89 bits per heavy atom. The monoisotopic (exact) mass is 240 g/mol. The number of hydrogen-bond donors (Lipinski definition) is 0. The summed E-state index contributed by atoms with van der Waals surface area (Å²) in [6, 6.07) is 15.4. The number of ketones is 1. The molecule has 0 heterocycles.